The Hall–Kier alpha value is -1.33. The average molecular weight is 253 g/mol. The molecule has 18 heavy (non-hydrogen) atoms. The van der Waals surface area contributed by atoms with Gasteiger partial charge in [-0.3, -0.25) is 4.68 Å². The third-order valence-electron chi connectivity index (χ3n) is 2.50. The van der Waals surface area contributed by atoms with Crippen LogP contribution in [0.15, 0.2) is 25.0 Å². The minimum atomic E-state index is 0.0661. The number of ether oxygens (including phenoxy) is 1. The highest BCUT2D eigenvalue weighted by atomic mass is 16.5. The first-order chi connectivity index (χ1) is 8.86. The molecule has 5 heteroatoms. The molecule has 0 spiro atoms. The van der Waals surface area contributed by atoms with Crippen molar-refractivity contribution in [2.24, 2.45) is 0 Å². The molecule has 0 atom stereocenters. The maximum Gasteiger partial charge on any atom is 0.0726 e. The Morgan fingerprint density at radius 3 is 3.11 bits per heavy atom. The van der Waals surface area contributed by atoms with E-state index in [-0.39, 0.29) is 6.61 Å². The quantitative estimate of drug-likeness (QED) is 0.465. The lowest BCUT2D eigenvalue weighted by Crippen LogP contribution is -2.08. The molecule has 0 aromatic carbocycles. The van der Waals surface area contributed by atoms with Crippen LogP contribution >= 0.6 is 0 Å². The molecule has 0 fully saturated rings. The maximum atomic E-state index is 8.56. The average Bonchev–Trinajstić information content (AvgIpc) is 2.82. The van der Waals surface area contributed by atoms with Gasteiger partial charge in [0.2, 0.25) is 0 Å². The van der Waals surface area contributed by atoms with Crippen molar-refractivity contribution in [1.82, 2.24) is 9.78 Å². The highest BCUT2D eigenvalue weighted by Crippen LogP contribution is 2.05. The number of aliphatic hydroxyl groups is 1. The molecule has 5 nitrogen and oxygen atoms in total. The molecule has 0 saturated carbocycles. The summed E-state index contributed by atoms with van der Waals surface area (Å²) in [7, 11) is 0. The zero-order valence-electron chi connectivity index (χ0n) is 10.8. The molecule has 2 N–H and O–H groups in total. The first-order valence-electron chi connectivity index (χ1n) is 6.42. The minimum Gasteiger partial charge on any atom is -0.394 e. The molecule has 102 valence electrons. The molecule has 0 aliphatic heterocycles. The Bertz CT molecular complexity index is 326. The summed E-state index contributed by atoms with van der Waals surface area (Å²) in [6, 6.07) is 0. The Balaban J connectivity index is 2.11. The number of aliphatic hydroxyl groups excluding tert-OH is 1. The second-order valence-corrected chi connectivity index (χ2v) is 4.04. The van der Waals surface area contributed by atoms with Crippen molar-refractivity contribution in [3.05, 3.63) is 25.0 Å². The van der Waals surface area contributed by atoms with E-state index in [2.05, 4.69) is 17.0 Å². The van der Waals surface area contributed by atoms with Gasteiger partial charge in [0.25, 0.3) is 0 Å². The smallest absolute Gasteiger partial charge is 0.0726 e. The minimum absolute atomic E-state index is 0.0661. The fraction of sp³-hybridized carbons (Fsp3) is 0.615. The number of unbranched alkanes of at least 4 members (excludes halogenated alkanes) is 2. The van der Waals surface area contributed by atoms with Crippen LogP contribution in [0.25, 0.3) is 0 Å². The molecular weight excluding hydrogens is 230 g/mol. The van der Waals surface area contributed by atoms with Crippen molar-refractivity contribution in [2.75, 3.05) is 31.7 Å². The second-order valence-electron chi connectivity index (χ2n) is 4.04. The van der Waals surface area contributed by atoms with E-state index < -0.39 is 0 Å². The third kappa shape index (κ3) is 6.42. The highest BCUT2D eigenvalue weighted by Gasteiger charge is 1.97. The normalized spacial score (nSPS) is 10.5. The van der Waals surface area contributed by atoms with E-state index in [4.69, 9.17) is 9.84 Å². The molecular formula is C13H23N3O2. The van der Waals surface area contributed by atoms with Gasteiger partial charge in [0.05, 0.1) is 38.2 Å². The molecule has 0 aliphatic rings. The largest absolute Gasteiger partial charge is 0.394 e. The number of rotatable bonds is 11. The van der Waals surface area contributed by atoms with Gasteiger partial charge in [0.1, 0.15) is 0 Å². The zero-order chi connectivity index (χ0) is 13.1. The number of aromatic nitrogens is 2. The lowest BCUT2D eigenvalue weighted by Gasteiger charge is -2.03. The van der Waals surface area contributed by atoms with E-state index in [1.807, 2.05) is 23.2 Å². The number of nitrogens with one attached hydrogen (secondary N) is 1. The summed E-state index contributed by atoms with van der Waals surface area (Å²) in [6.45, 7) is 6.39. The zero-order valence-corrected chi connectivity index (χ0v) is 10.8. The number of hydrogen-bond acceptors (Lipinski definition) is 4. The first kappa shape index (κ1) is 14.7. The Kier molecular flexibility index (Phi) is 7.92. The van der Waals surface area contributed by atoms with Gasteiger partial charge in [0, 0.05) is 12.7 Å². The van der Waals surface area contributed by atoms with E-state index in [9.17, 15) is 0 Å². The second kappa shape index (κ2) is 9.67. The standard InChI is InChI=1S/C13H23N3O2/c1-2-3-4-5-6-14-13-11-15-16(12-13)7-9-18-10-8-17/h2,11-12,14,17H,1,3-10H2. The van der Waals surface area contributed by atoms with Gasteiger partial charge in [-0.15, -0.1) is 6.58 Å². The van der Waals surface area contributed by atoms with Crippen LogP contribution in [0.3, 0.4) is 0 Å². The van der Waals surface area contributed by atoms with Gasteiger partial charge in [0.15, 0.2) is 0 Å². The summed E-state index contributed by atoms with van der Waals surface area (Å²) >= 11 is 0. The van der Waals surface area contributed by atoms with E-state index in [0.717, 1.165) is 25.1 Å². The summed E-state index contributed by atoms with van der Waals surface area (Å²) < 4.78 is 7.02. The van der Waals surface area contributed by atoms with Crippen LogP contribution in [0, 0.1) is 0 Å². The predicted molar refractivity (Wildman–Crippen MR) is 72.7 cm³/mol. The third-order valence-corrected chi connectivity index (χ3v) is 2.50. The predicted octanol–water partition coefficient (Wildman–Crippen LogP) is 1.66. The molecule has 1 aromatic rings. The Morgan fingerprint density at radius 2 is 2.33 bits per heavy atom. The van der Waals surface area contributed by atoms with Gasteiger partial charge in [-0.25, -0.2) is 0 Å². The lowest BCUT2D eigenvalue weighted by atomic mass is 10.2. The number of anilines is 1. The van der Waals surface area contributed by atoms with Crippen LogP contribution in [0.1, 0.15) is 19.3 Å². The molecule has 0 amide bonds. The lowest BCUT2D eigenvalue weighted by molar-refractivity contribution is 0.0854. The topological polar surface area (TPSA) is 59.3 Å². The fourth-order valence-electron chi connectivity index (χ4n) is 1.55. The van der Waals surface area contributed by atoms with Crippen molar-refractivity contribution in [2.45, 2.75) is 25.8 Å². The fourth-order valence-corrected chi connectivity index (χ4v) is 1.55. The summed E-state index contributed by atoms with van der Waals surface area (Å²) in [5.74, 6) is 0. The summed E-state index contributed by atoms with van der Waals surface area (Å²) in [4.78, 5) is 0. The molecule has 0 radical (unpaired) electrons. The maximum absolute atomic E-state index is 8.56. The number of nitrogens with zero attached hydrogens (tertiary/aromatic N) is 2. The SMILES string of the molecule is C=CCCCCNc1cnn(CCOCCO)c1. The van der Waals surface area contributed by atoms with Crippen molar-refractivity contribution in [1.29, 1.82) is 0 Å². The molecule has 1 heterocycles. The highest BCUT2D eigenvalue weighted by molar-refractivity contribution is 5.37. The monoisotopic (exact) mass is 253 g/mol. The van der Waals surface area contributed by atoms with E-state index in [1.54, 1.807) is 0 Å². The van der Waals surface area contributed by atoms with Crippen molar-refractivity contribution in [3.8, 4) is 0 Å². The van der Waals surface area contributed by atoms with Crippen LogP contribution in [0.5, 0.6) is 0 Å². The van der Waals surface area contributed by atoms with Crippen LogP contribution in [-0.2, 0) is 11.3 Å². The Labute approximate surface area is 108 Å². The van der Waals surface area contributed by atoms with Crippen molar-refractivity contribution in [3.63, 3.8) is 0 Å². The summed E-state index contributed by atoms with van der Waals surface area (Å²) in [5.41, 5.74) is 1.04. The van der Waals surface area contributed by atoms with E-state index >= 15 is 0 Å². The van der Waals surface area contributed by atoms with Crippen LogP contribution in [0.4, 0.5) is 5.69 Å². The van der Waals surface area contributed by atoms with Gasteiger partial charge in [-0.1, -0.05) is 6.08 Å². The Morgan fingerprint density at radius 1 is 1.44 bits per heavy atom. The van der Waals surface area contributed by atoms with Gasteiger partial charge < -0.3 is 15.2 Å². The van der Waals surface area contributed by atoms with Crippen molar-refractivity contribution >= 4 is 5.69 Å². The molecule has 0 bridgehead atoms. The van der Waals surface area contributed by atoms with Crippen LogP contribution in [0.2, 0.25) is 0 Å². The van der Waals surface area contributed by atoms with E-state index in [1.165, 1.54) is 6.42 Å². The summed E-state index contributed by atoms with van der Waals surface area (Å²) in [5, 5.41) is 16.1. The van der Waals surface area contributed by atoms with Crippen LogP contribution in [-0.4, -0.2) is 41.3 Å². The van der Waals surface area contributed by atoms with E-state index in [0.29, 0.717) is 19.8 Å². The molecule has 0 unspecified atom stereocenters. The molecule has 0 aliphatic carbocycles. The van der Waals surface area contributed by atoms with Gasteiger partial charge in [-0.2, -0.15) is 5.10 Å². The summed E-state index contributed by atoms with van der Waals surface area (Å²) in [6.07, 6.45) is 9.11. The first-order valence-corrected chi connectivity index (χ1v) is 6.42. The molecule has 0 saturated heterocycles. The molecule has 1 aromatic heterocycles. The van der Waals surface area contributed by atoms with Crippen LogP contribution < -0.4 is 5.32 Å². The number of hydrogen-bond donors (Lipinski definition) is 2. The van der Waals surface area contributed by atoms with Crippen molar-refractivity contribution < 1.29 is 9.84 Å². The number of allylic oxidation sites excluding steroid dienone is 1. The van der Waals surface area contributed by atoms with Gasteiger partial charge >= 0.3 is 0 Å². The molecule has 1 rings (SSSR count). The van der Waals surface area contributed by atoms with Gasteiger partial charge in [-0.05, 0) is 19.3 Å².